The number of likely N-dealkylation sites (N-methyl/N-ethyl adjacent to an activating group) is 1. The fraction of sp³-hybridized carbons (Fsp3) is 0.190. The molecule has 1 heterocycles. The van der Waals surface area contributed by atoms with E-state index in [-0.39, 0.29) is 11.9 Å². The minimum atomic E-state index is -0.0425. The summed E-state index contributed by atoms with van der Waals surface area (Å²) in [6.07, 6.45) is 1.66. The Hall–Kier alpha value is -2.56. The Morgan fingerprint density at radius 2 is 1.81 bits per heavy atom. The molecule has 0 unspecified atom stereocenters. The van der Waals surface area contributed by atoms with Gasteiger partial charge < -0.3 is 14.6 Å². The van der Waals surface area contributed by atoms with Gasteiger partial charge in [-0.1, -0.05) is 54.1 Å². The molecule has 3 aromatic rings. The van der Waals surface area contributed by atoms with Crippen LogP contribution in [0.25, 0.3) is 0 Å². The van der Waals surface area contributed by atoms with Crippen molar-refractivity contribution in [2.45, 2.75) is 12.6 Å². The number of amides is 1. The third-order valence-electron chi connectivity index (χ3n) is 4.30. The van der Waals surface area contributed by atoms with Gasteiger partial charge in [-0.15, -0.1) is 0 Å². The summed E-state index contributed by atoms with van der Waals surface area (Å²) in [7, 11) is 1.81. The lowest BCUT2D eigenvalue weighted by atomic mass is 10.0. The van der Waals surface area contributed by atoms with Crippen molar-refractivity contribution >= 4 is 17.5 Å². The second-order valence-electron chi connectivity index (χ2n) is 6.22. The molecule has 0 aliphatic heterocycles. The van der Waals surface area contributed by atoms with Gasteiger partial charge in [0, 0.05) is 24.2 Å². The topological polar surface area (TPSA) is 50.1 Å². The normalized spacial score (nSPS) is 11.9. The molecule has 0 aliphatic rings. The van der Waals surface area contributed by atoms with E-state index in [9.17, 15) is 4.79 Å². The van der Waals surface area contributed by atoms with Crippen LogP contribution in [0.1, 0.15) is 22.9 Å². The Morgan fingerprint density at radius 1 is 1.08 bits per heavy atom. The van der Waals surface area contributed by atoms with Crippen LogP contribution < -0.4 is 5.32 Å². The first-order valence-electron chi connectivity index (χ1n) is 8.53. The molecule has 1 amide bonds. The number of nitrogens with zero attached hydrogens (tertiary/aromatic N) is 1. The Labute approximate surface area is 158 Å². The summed E-state index contributed by atoms with van der Waals surface area (Å²) in [6, 6.07) is 21.4. The number of hydrogen-bond acceptors (Lipinski definition) is 2. The zero-order chi connectivity index (χ0) is 18.4. The molecule has 26 heavy (non-hydrogen) atoms. The number of halogens is 1. The van der Waals surface area contributed by atoms with E-state index in [1.807, 2.05) is 79.1 Å². The average molecular weight is 370 g/mol. The average Bonchev–Trinajstić information content (AvgIpc) is 3.19. The molecule has 0 saturated carbocycles. The first kappa shape index (κ1) is 18.2. The molecular formula is C21H22ClN2O2+. The first-order valence-corrected chi connectivity index (χ1v) is 8.91. The zero-order valence-corrected chi connectivity index (χ0v) is 15.4. The van der Waals surface area contributed by atoms with Crippen LogP contribution in [0, 0.1) is 0 Å². The highest BCUT2D eigenvalue weighted by atomic mass is 35.5. The monoisotopic (exact) mass is 369 g/mol. The summed E-state index contributed by atoms with van der Waals surface area (Å²) in [5.74, 6) is 0.900. The molecule has 4 nitrogen and oxygen atoms in total. The van der Waals surface area contributed by atoms with Crippen LogP contribution in [0.15, 0.2) is 77.4 Å². The largest absolute Gasteiger partial charge is 0.463 e. The van der Waals surface area contributed by atoms with Crippen LogP contribution in [0.3, 0.4) is 0 Å². The summed E-state index contributed by atoms with van der Waals surface area (Å²) >= 11 is 5.91. The van der Waals surface area contributed by atoms with Crippen molar-refractivity contribution in [3.63, 3.8) is 0 Å². The summed E-state index contributed by atoms with van der Waals surface area (Å²) in [5.41, 5.74) is 2.16. The molecule has 0 bridgehead atoms. The molecular weight excluding hydrogens is 348 g/mol. The number of carbonyl (C=O) groups is 1. The van der Waals surface area contributed by atoms with Crippen LogP contribution in [0.4, 0.5) is 0 Å². The van der Waals surface area contributed by atoms with E-state index >= 15 is 0 Å². The maximum Gasteiger partial charge on any atom is 0.277 e. The molecule has 5 heteroatoms. The van der Waals surface area contributed by atoms with Crippen molar-refractivity contribution in [2.75, 3.05) is 13.6 Å². The summed E-state index contributed by atoms with van der Waals surface area (Å²) in [4.78, 5) is 14.3. The van der Waals surface area contributed by atoms with Crippen molar-refractivity contribution in [1.29, 1.82) is 0 Å². The van der Waals surface area contributed by atoms with Crippen LogP contribution in [0.5, 0.6) is 0 Å². The standard InChI is InChI=1S/C21H21ClN2O2/c1-24(15-16-9-11-18(22)12-10-16)20(25)14-23-21(19-8-5-13-26-19)17-6-3-2-4-7-17/h2-13,21,23H,14-15H2,1H3/p+1/t21-/m0/s1. The van der Waals surface area contributed by atoms with Gasteiger partial charge in [-0.2, -0.15) is 0 Å². The van der Waals surface area contributed by atoms with Crippen LogP contribution in [-0.4, -0.2) is 24.4 Å². The number of benzene rings is 2. The van der Waals surface area contributed by atoms with Gasteiger partial charge in [-0.25, -0.2) is 0 Å². The lowest BCUT2D eigenvalue weighted by molar-refractivity contribution is -0.679. The number of hydrogen-bond donors (Lipinski definition) is 1. The first-order chi connectivity index (χ1) is 12.6. The van der Waals surface area contributed by atoms with E-state index in [1.165, 1.54) is 0 Å². The summed E-state index contributed by atoms with van der Waals surface area (Å²) < 4.78 is 5.58. The number of rotatable bonds is 7. The van der Waals surface area contributed by atoms with E-state index in [0.717, 1.165) is 16.9 Å². The van der Waals surface area contributed by atoms with Crippen molar-refractivity contribution in [1.82, 2.24) is 4.90 Å². The molecule has 0 fully saturated rings. The minimum Gasteiger partial charge on any atom is -0.463 e. The Morgan fingerprint density at radius 3 is 2.46 bits per heavy atom. The predicted octanol–water partition coefficient (Wildman–Crippen LogP) is 3.24. The highest BCUT2D eigenvalue weighted by Crippen LogP contribution is 2.18. The molecule has 0 aliphatic carbocycles. The minimum absolute atomic E-state index is 0.0425. The third-order valence-corrected chi connectivity index (χ3v) is 4.55. The van der Waals surface area contributed by atoms with Gasteiger partial charge in [-0.05, 0) is 29.8 Å². The lowest BCUT2D eigenvalue weighted by Crippen LogP contribution is -2.87. The fourth-order valence-electron chi connectivity index (χ4n) is 2.87. The van der Waals surface area contributed by atoms with E-state index in [1.54, 1.807) is 11.2 Å². The molecule has 1 atom stereocenters. The maximum absolute atomic E-state index is 12.6. The Balaban J connectivity index is 1.63. The quantitative estimate of drug-likeness (QED) is 0.695. The Kier molecular flexibility index (Phi) is 6.10. The second kappa shape index (κ2) is 8.70. The highest BCUT2D eigenvalue weighted by Gasteiger charge is 2.22. The maximum atomic E-state index is 12.6. The molecule has 134 valence electrons. The molecule has 3 rings (SSSR count). The number of furan rings is 1. The fourth-order valence-corrected chi connectivity index (χ4v) is 3.00. The molecule has 2 N–H and O–H groups in total. The lowest BCUT2D eigenvalue weighted by Gasteiger charge is -2.19. The Bertz CT molecular complexity index is 817. The van der Waals surface area contributed by atoms with Crippen LogP contribution in [-0.2, 0) is 11.3 Å². The zero-order valence-electron chi connectivity index (χ0n) is 14.6. The van der Waals surface area contributed by atoms with E-state index in [4.69, 9.17) is 16.0 Å². The number of carbonyl (C=O) groups excluding carboxylic acids is 1. The van der Waals surface area contributed by atoms with E-state index in [0.29, 0.717) is 18.1 Å². The molecule has 1 aromatic heterocycles. The van der Waals surface area contributed by atoms with Crippen LogP contribution >= 0.6 is 11.6 Å². The van der Waals surface area contributed by atoms with Crippen molar-refractivity contribution in [2.24, 2.45) is 0 Å². The van der Waals surface area contributed by atoms with Gasteiger partial charge in [0.1, 0.15) is 0 Å². The van der Waals surface area contributed by atoms with Gasteiger partial charge >= 0.3 is 0 Å². The van der Waals surface area contributed by atoms with Crippen molar-refractivity contribution in [3.8, 4) is 0 Å². The van der Waals surface area contributed by atoms with E-state index in [2.05, 4.69) is 0 Å². The van der Waals surface area contributed by atoms with Gasteiger partial charge in [0.25, 0.3) is 5.91 Å². The van der Waals surface area contributed by atoms with Crippen molar-refractivity contribution < 1.29 is 14.5 Å². The molecule has 0 saturated heterocycles. The summed E-state index contributed by atoms with van der Waals surface area (Å²) in [6.45, 7) is 0.894. The smallest absolute Gasteiger partial charge is 0.277 e. The second-order valence-corrected chi connectivity index (χ2v) is 6.66. The number of quaternary nitrogens is 1. The molecule has 0 spiro atoms. The number of nitrogens with two attached hydrogens (primary N) is 1. The van der Waals surface area contributed by atoms with Gasteiger partial charge in [-0.3, -0.25) is 4.79 Å². The molecule has 2 aromatic carbocycles. The highest BCUT2D eigenvalue weighted by molar-refractivity contribution is 6.30. The van der Waals surface area contributed by atoms with Crippen LogP contribution in [0.2, 0.25) is 5.02 Å². The SMILES string of the molecule is CN(Cc1ccc(Cl)cc1)C(=O)C[NH2+][C@@H](c1ccccc1)c1ccco1. The van der Waals surface area contributed by atoms with E-state index < -0.39 is 0 Å². The predicted molar refractivity (Wildman–Crippen MR) is 102 cm³/mol. The van der Waals surface area contributed by atoms with Gasteiger partial charge in [0.05, 0.1) is 6.26 Å². The van der Waals surface area contributed by atoms with Crippen molar-refractivity contribution in [3.05, 3.63) is 94.9 Å². The molecule has 0 radical (unpaired) electrons. The van der Waals surface area contributed by atoms with Gasteiger partial charge in [0.15, 0.2) is 18.3 Å². The van der Waals surface area contributed by atoms with Gasteiger partial charge in [0.2, 0.25) is 0 Å². The summed E-state index contributed by atoms with van der Waals surface area (Å²) in [5, 5.41) is 2.70. The third kappa shape index (κ3) is 4.75.